The third-order valence-corrected chi connectivity index (χ3v) is 4.64. The lowest BCUT2D eigenvalue weighted by Crippen LogP contribution is -2.43. The van der Waals surface area contributed by atoms with Crippen LogP contribution in [-0.4, -0.2) is 53.1 Å². The van der Waals surface area contributed by atoms with Gasteiger partial charge in [0.05, 0.1) is 18.9 Å². The van der Waals surface area contributed by atoms with Gasteiger partial charge >= 0.3 is 0 Å². The molecule has 0 spiro atoms. The van der Waals surface area contributed by atoms with Gasteiger partial charge in [-0.15, -0.1) is 11.8 Å². The number of hydrogen-bond donors (Lipinski definition) is 0. The minimum atomic E-state index is -0.277. The number of morpholine rings is 1. The van der Waals surface area contributed by atoms with Crippen LogP contribution in [0.15, 0.2) is 46.1 Å². The van der Waals surface area contributed by atoms with Crippen molar-refractivity contribution in [1.29, 1.82) is 0 Å². The first-order valence-corrected chi connectivity index (χ1v) is 8.98. The van der Waals surface area contributed by atoms with E-state index in [1.807, 2.05) is 30.5 Å². The number of rotatable bonds is 4. The quantitative estimate of drug-likeness (QED) is 0.786. The Morgan fingerprint density at radius 3 is 2.54 bits per heavy atom. The molecule has 1 fully saturated rings. The Kier molecular flexibility index (Phi) is 5.32. The molecule has 0 unspecified atom stereocenters. The number of carbonyl (C=O) groups is 1. The molecule has 0 N–H and O–H groups in total. The molecule has 3 rings (SSSR count). The highest BCUT2D eigenvalue weighted by atomic mass is 32.2. The van der Waals surface area contributed by atoms with Gasteiger partial charge in [-0.1, -0.05) is 12.1 Å². The molecule has 1 aromatic heterocycles. The van der Waals surface area contributed by atoms with Gasteiger partial charge in [-0.3, -0.25) is 9.59 Å². The van der Waals surface area contributed by atoms with Crippen LogP contribution in [0.1, 0.15) is 0 Å². The first-order chi connectivity index (χ1) is 11.7. The van der Waals surface area contributed by atoms with E-state index in [2.05, 4.69) is 5.10 Å². The van der Waals surface area contributed by atoms with E-state index in [0.29, 0.717) is 32.0 Å². The fourth-order valence-electron chi connectivity index (χ4n) is 2.52. The van der Waals surface area contributed by atoms with Crippen molar-refractivity contribution >= 4 is 17.7 Å². The molecule has 7 heteroatoms. The molecule has 2 aromatic rings. The van der Waals surface area contributed by atoms with Gasteiger partial charge in [-0.2, -0.15) is 5.10 Å². The van der Waals surface area contributed by atoms with E-state index >= 15 is 0 Å². The first kappa shape index (κ1) is 16.7. The molecule has 0 radical (unpaired) electrons. The van der Waals surface area contributed by atoms with Crippen LogP contribution in [0.2, 0.25) is 0 Å². The zero-order valence-electron chi connectivity index (χ0n) is 13.5. The zero-order chi connectivity index (χ0) is 16.9. The maximum Gasteiger partial charge on any atom is 0.267 e. The van der Waals surface area contributed by atoms with Gasteiger partial charge < -0.3 is 9.64 Å². The second kappa shape index (κ2) is 7.63. The summed E-state index contributed by atoms with van der Waals surface area (Å²) in [6.45, 7) is 2.15. The van der Waals surface area contributed by atoms with E-state index in [4.69, 9.17) is 4.74 Å². The predicted molar refractivity (Wildman–Crippen MR) is 93.1 cm³/mol. The molecule has 1 aromatic carbocycles. The van der Waals surface area contributed by atoms with E-state index in [0.717, 1.165) is 10.5 Å². The molecule has 1 aliphatic rings. The number of amides is 1. The summed E-state index contributed by atoms with van der Waals surface area (Å²) in [5.74, 6) is -0.109. The van der Waals surface area contributed by atoms with Crippen LogP contribution in [0, 0.1) is 0 Å². The number of carbonyl (C=O) groups excluding carboxylic acids is 1. The smallest absolute Gasteiger partial charge is 0.267 e. The van der Waals surface area contributed by atoms with Crippen molar-refractivity contribution in [2.24, 2.45) is 0 Å². The molecule has 0 aliphatic carbocycles. The Morgan fingerprint density at radius 1 is 1.17 bits per heavy atom. The fourth-order valence-corrected chi connectivity index (χ4v) is 2.93. The molecule has 24 heavy (non-hydrogen) atoms. The Balaban J connectivity index is 1.80. The molecule has 2 heterocycles. The number of ether oxygens (including phenoxy) is 1. The summed E-state index contributed by atoms with van der Waals surface area (Å²) in [6, 6.07) is 11.1. The van der Waals surface area contributed by atoms with Crippen molar-refractivity contribution in [3.05, 3.63) is 46.8 Å². The topological polar surface area (TPSA) is 64.4 Å². The normalized spacial score (nSPS) is 14.6. The molecule has 126 valence electrons. The Morgan fingerprint density at radius 2 is 1.88 bits per heavy atom. The molecule has 0 saturated carbocycles. The van der Waals surface area contributed by atoms with Crippen LogP contribution < -0.4 is 5.56 Å². The van der Waals surface area contributed by atoms with Crippen LogP contribution in [-0.2, 0) is 16.1 Å². The number of aromatic nitrogens is 2. The summed E-state index contributed by atoms with van der Waals surface area (Å²) in [6.07, 6.45) is 2.02. The SMILES string of the molecule is CSc1ccc(-c2ccc(=O)n(CC(=O)N3CCOCC3)n2)cc1. The molecular weight excluding hydrogens is 326 g/mol. The highest BCUT2D eigenvalue weighted by Gasteiger charge is 2.18. The Hall–Kier alpha value is -2.12. The Bertz CT molecular complexity index is 767. The number of benzene rings is 1. The third kappa shape index (κ3) is 3.85. The lowest BCUT2D eigenvalue weighted by atomic mass is 10.1. The average molecular weight is 345 g/mol. The van der Waals surface area contributed by atoms with Crippen LogP contribution in [0.25, 0.3) is 11.3 Å². The molecule has 0 bridgehead atoms. The summed E-state index contributed by atoms with van der Waals surface area (Å²) in [4.78, 5) is 27.2. The van der Waals surface area contributed by atoms with Crippen molar-refractivity contribution < 1.29 is 9.53 Å². The summed E-state index contributed by atoms with van der Waals surface area (Å²) in [5.41, 5.74) is 1.32. The Labute approximate surface area is 144 Å². The van der Waals surface area contributed by atoms with Crippen LogP contribution in [0.4, 0.5) is 0 Å². The van der Waals surface area contributed by atoms with Crippen molar-refractivity contribution in [1.82, 2.24) is 14.7 Å². The monoisotopic (exact) mass is 345 g/mol. The summed E-state index contributed by atoms with van der Waals surface area (Å²) in [5, 5.41) is 4.35. The van der Waals surface area contributed by atoms with E-state index in [9.17, 15) is 9.59 Å². The van der Waals surface area contributed by atoms with E-state index < -0.39 is 0 Å². The average Bonchev–Trinajstić information content (AvgIpc) is 2.64. The predicted octanol–water partition coefficient (Wildman–Crippen LogP) is 1.49. The van der Waals surface area contributed by atoms with Gasteiger partial charge in [0.1, 0.15) is 6.54 Å². The van der Waals surface area contributed by atoms with Crippen LogP contribution in [0.5, 0.6) is 0 Å². The van der Waals surface area contributed by atoms with Gasteiger partial charge in [-0.25, -0.2) is 4.68 Å². The maximum absolute atomic E-state index is 12.3. The zero-order valence-corrected chi connectivity index (χ0v) is 14.3. The molecule has 0 atom stereocenters. The summed E-state index contributed by atoms with van der Waals surface area (Å²) >= 11 is 1.67. The van der Waals surface area contributed by atoms with Gasteiger partial charge in [0.15, 0.2) is 0 Å². The van der Waals surface area contributed by atoms with Crippen molar-refractivity contribution in [3.8, 4) is 11.3 Å². The van der Waals surface area contributed by atoms with Crippen LogP contribution >= 0.6 is 11.8 Å². The standard InChI is InChI=1S/C17H19N3O3S/c1-24-14-4-2-13(3-5-14)15-6-7-16(21)20(18-15)12-17(22)19-8-10-23-11-9-19/h2-7H,8-12H2,1H3. The van der Waals surface area contributed by atoms with E-state index in [1.54, 1.807) is 22.7 Å². The molecule has 6 nitrogen and oxygen atoms in total. The minimum absolute atomic E-state index is 0.0461. The number of hydrogen-bond acceptors (Lipinski definition) is 5. The van der Waals surface area contributed by atoms with Crippen molar-refractivity contribution in [2.45, 2.75) is 11.4 Å². The molecular formula is C17H19N3O3S. The largest absolute Gasteiger partial charge is 0.378 e. The summed E-state index contributed by atoms with van der Waals surface area (Å²) < 4.78 is 6.47. The third-order valence-electron chi connectivity index (χ3n) is 3.90. The van der Waals surface area contributed by atoms with Gasteiger partial charge in [0.25, 0.3) is 5.56 Å². The number of nitrogens with zero attached hydrogens (tertiary/aromatic N) is 3. The molecule has 1 aliphatic heterocycles. The lowest BCUT2D eigenvalue weighted by Gasteiger charge is -2.26. The minimum Gasteiger partial charge on any atom is -0.378 e. The lowest BCUT2D eigenvalue weighted by molar-refractivity contribution is -0.136. The van der Waals surface area contributed by atoms with E-state index in [1.165, 1.54) is 10.7 Å². The summed E-state index contributed by atoms with van der Waals surface area (Å²) in [7, 11) is 0. The van der Waals surface area contributed by atoms with E-state index in [-0.39, 0.29) is 18.0 Å². The van der Waals surface area contributed by atoms with Gasteiger partial charge in [0.2, 0.25) is 5.91 Å². The van der Waals surface area contributed by atoms with Gasteiger partial charge in [0, 0.05) is 29.6 Å². The highest BCUT2D eigenvalue weighted by Crippen LogP contribution is 2.20. The highest BCUT2D eigenvalue weighted by molar-refractivity contribution is 7.98. The first-order valence-electron chi connectivity index (χ1n) is 7.75. The second-order valence-corrected chi connectivity index (χ2v) is 6.32. The van der Waals surface area contributed by atoms with Crippen molar-refractivity contribution in [3.63, 3.8) is 0 Å². The number of thioether (sulfide) groups is 1. The van der Waals surface area contributed by atoms with Crippen molar-refractivity contribution in [2.75, 3.05) is 32.6 Å². The fraction of sp³-hybridized carbons (Fsp3) is 0.353. The molecule has 1 amide bonds. The molecule has 1 saturated heterocycles. The second-order valence-electron chi connectivity index (χ2n) is 5.44. The van der Waals surface area contributed by atoms with Crippen LogP contribution in [0.3, 0.4) is 0 Å². The maximum atomic E-state index is 12.3. The van der Waals surface area contributed by atoms with Gasteiger partial charge in [-0.05, 0) is 24.5 Å².